The summed E-state index contributed by atoms with van der Waals surface area (Å²) in [5, 5.41) is 2.28. The van der Waals surface area contributed by atoms with Gasteiger partial charge in [-0.1, -0.05) is 185 Å². The van der Waals surface area contributed by atoms with Gasteiger partial charge in [0.2, 0.25) is 0 Å². The third-order valence-corrected chi connectivity index (χ3v) is 15.1. The number of furan rings is 1. The number of fused-ring (bicyclic) bond motifs is 9. The van der Waals surface area contributed by atoms with Crippen molar-refractivity contribution in [3.05, 3.63) is 247 Å². The Morgan fingerprint density at radius 2 is 0.868 bits per heavy atom. The van der Waals surface area contributed by atoms with Crippen molar-refractivity contribution in [1.29, 1.82) is 0 Å². The normalized spacial score (nSPS) is 13.8. The van der Waals surface area contributed by atoms with Crippen molar-refractivity contribution in [2.75, 3.05) is 4.90 Å². The van der Waals surface area contributed by atoms with E-state index in [0.717, 1.165) is 50.1 Å². The summed E-state index contributed by atoms with van der Waals surface area (Å²) >= 11 is 0. The fourth-order valence-electron chi connectivity index (χ4n) is 11.6. The molecule has 2 aliphatic carbocycles. The predicted molar refractivity (Wildman–Crippen MR) is 285 cm³/mol. The lowest BCUT2D eigenvalue weighted by Crippen LogP contribution is -2.16. The first-order valence-electron chi connectivity index (χ1n) is 23.8. The van der Waals surface area contributed by atoms with Crippen molar-refractivity contribution in [2.45, 2.75) is 38.5 Å². The Kier molecular flexibility index (Phi) is 8.95. The van der Waals surface area contributed by atoms with Gasteiger partial charge in [-0.25, -0.2) is 0 Å². The van der Waals surface area contributed by atoms with Crippen molar-refractivity contribution >= 4 is 39.0 Å². The number of rotatable bonds is 7. The number of benzene rings is 10. The van der Waals surface area contributed by atoms with Crippen LogP contribution in [0, 0.1) is 0 Å². The number of anilines is 3. The topological polar surface area (TPSA) is 16.4 Å². The van der Waals surface area contributed by atoms with E-state index in [1.54, 1.807) is 0 Å². The lowest BCUT2D eigenvalue weighted by molar-refractivity contribution is 0.660. The maximum Gasteiger partial charge on any atom is 0.136 e. The standard InChI is InChI=1S/C66H49NO/c1-65(2)57-26-13-11-23-52(57)53-35-34-50(41-59(53)65)67(48-32-29-44(30-33-48)51-25-16-28-62-64(51)54-24-12-14-27-61(54)68-62)49-22-15-21-45(37-49)46-31-36-58-56(38-46)63-55(43-19-9-6-10-20-43)39-47(40-60(63)66(58,3)4)42-17-7-5-8-18-42/h5-41H,1-4H3. The summed E-state index contributed by atoms with van der Waals surface area (Å²) in [5.41, 5.74) is 25.2. The second-order valence-corrected chi connectivity index (χ2v) is 19.7. The maximum atomic E-state index is 6.31. The van der Waals surface area contributed by atoms with E-state index >= 15 is 0 Å². The van der Waals surface area contributed by atoms with Crippen molar-refractivity contribution in [3.8, 4) is 66.8 Å². The van der Waals surface area contributed by atoms with Crippen molar-refractivity contribution in [3.63, 3.8) is 0 Å². The van der Waals surface area contributed by atoms with Crippen molar-refractivity contribution < 1.29 is 4.42 Å². The smallest absolute Gasteiger partial charge is 0.136 e. The minimum Gasteiger partial charge on any atom is -0.456 e. The minimum atomic E-state index is -0.181. The average Bonchev–Trinajstić information content (AvgIpc) is 3.96. The zero-order chi connectivity index (χ0) is 45.7. The Balaban J connectivity index is 0.952. The summed E-state index contributed by atoms with van der Waals surface area (Å²) in [7, 11) is 0. The molecular formula is C66H49NO. The van der Waals surface area contributed by atoms with Crippen molar-refractivity contribution in [1.82, 2.24) is 0 Å². The van der Waals surface area contributed by atoms with Crippen LogP contribution in [0.2, 0.25) is 0 Å². The van der Waals surface area contributed by atoms with Crippen LogP contribution >= 0.6 is 0 Å². The fraction of sp³-hybridized carbons (Fsp3) is 0.0909. The molecule has 11 aromatic rings. The molecule has 2 aliphatic rings. The quantitative estimate of drug-likeness (QED) is 0.159. The number of hydrogen-bond acceptors (Lipinski definition) is 2. The molecule has 2 heteroatoms. The molecular weight excluding hydrogens is 823 g/mol. The first-order valence-corrected chi connectivity index (χ1v) is 23.8. The number of nitrogens with zero attached hydrogens (tertiary/aromatic N) is 1. The van der Waals surface area contributed by atoms with Gasteiger partial charge in [-0.2, -0.15) is 0 Å². The second kappa shape index (κ2) is 15.2. The minimum absolute atomic E-state index is 0.139. The van der Waals surface area contributed by atoms with Crippen LogP contribution in [0.15, 0.2) is 229 Å². The van der Waals surface area contributed by atoms with Crippen LogP contribution in [-0.2, 0) is 10.8 Å². The number of hydrogen-bond donors (Lipinski definition) is 0. The van der Waals surface area contributed by atoms with E-state index in [1.807, 2.05) is 6.07 Å². The molecule has 0 radical (unpaired) electrons. The predicted octanol–water partition coefficient (Wildman–Crippen LogP) is 18.3. The van der Waals surface area contributed by atoms with Crippen LogP contribution in [0.25, 0.3) is 88.7 Å². The molecule has 0 bridgehead atoms. The van der Waals surface area contributed by atoms with E-state index in [1.165, 1.54) is 77.9 Å². The highest BCUT2D eigenvalue weighted by Gasteiger charge is 2.38. The highest BCUT2D eigenvalue weighted by atomic mass is 16.3. The molecule has 0 saturated heterocycles. The van der Waals surface area contributed by atoms with Gasteiger partial charge in [-0.3, -0.25) is 0 Å². The van der Waals surface area contributed by atoms with E-state index in [0.29, 0.717) is 0 Å². The fourth-order valence-corrected chi connectivity index (χ4v) is 11.6. The van der Waals surface area contributed by atoms with Crippen LogP contribution < -0.4 is 4.90 Å². The summed E-state index contributed by atoms with van der Waals surface area (Å²) in [5.74, 6) is 0. The van der Waals surface area contributed by atoms with Gasteiger partial charge in [0, 0.05) is 38.7 Å². The molecule has 0 atom stereocenters. The van der Waals surface area contributed by atoms with Gasteiger partial charge in [-0.15, -0.1) is 0 Å². The molecule has 2 nitrogen and oxygen atoms in total. The SMILES string of the molecule is CC1(C)c2ccccc2-c2ccc(N(c3ccc(-c4cccc5oc6ccccc6c45)cc3)c3cccc(-c4ccc5c(c4)-c4c(-c6ccccc6)cc(-c6ccccc6)cc4C5(C)C)c3)cc21. The molecule has 1 heterocycles. The first kappa shape index (κ1) is 40.1. The van der Waals surface area contributed by atoms with Crippen LogP contribution in [0.5, 0.6) is 0 Å². The van der Waals surface area contributed by atoms with E-state index < -0.39 is 0 Å². The largest absolute Gasteiger partial charge is 0.456 e. The van der Waals surface area contributed by atoms with E-state index in [2.05, 4.69) is 251 Å². The summed E-state index contributed by atoms with van der Waals surface area (Å²) < 4.78 is 6.31. The lowest BCUT2D eigenvalue weighted by atomic mass is 9.80. The Hall–Kier alpha value is -8.20. The third-order valence-electron chi connectivity index (χ3n) is 15.1. The summed E-state index contributed by atoms with van der Waals surface area (Å²) in [6.45, 7) is 9.50. The zero-order valence-electron chi connectivity index (χ0n) is 38.7. The monoisotopic (exact) mass is 871 g/mol. The molecule has 0 aliphatic heterocycles. The van der Waals surface area contributed by atoms with Gasteiger partial charge < -0.3 is 9.32 Å². The lowest BCUT2D eigenvalue weighted by Gasteiger charge is -2.28. The molecule has 1 aromatic heterocycles. The molecule has 0 N–H and O–H groups in total. The van der Waals surface area contributed by atoms with Crippen molar-refractivity contribution in [2.24, 2.45) is 0 Å². The van der Waals surface area contributed by atoms with Crippen LogP contribution in [0.3, 0.4) is 0 Å². The van der Waals surface area contributed by atoms with Gasteiger partial charge in [0.1, 0.15) is 11.2 Å². The van der Waals surface area contributed by atoms with E-state index in [-0.39, 0.29) is 10.8 Å². The molecule has 10 aromatic carbocycles. The van der Waals surface area contributed by atoms with Gasteiger partial charge in [0.25, 0.3) is 0 Å². The van der Waals surface area contributed by atoms with Crippen LogP contribution in [0.1, 0.15) is 49.9 Å². The molecule has 0 spiro atoms. The van der Waals surface area contributed by atoms with Crippen LogP contribution in [0.4, 0.5) is 17.1 Å². The first-order chi connectivity index (χ1) is 33.2. The molecule has 324 valence electrons. The zero-order valence-corrected chi connectivity index (χ0v) is 38.7. The van der Waals surface area contributed by atoms with Gasteiger partial charge in [0.15, 0.2) is 0 Å². The highest BCUT2D eigenvalue weighted by Crippen LogP contribution is 2.55. The average molecular weight is 872 g/mol. The molecule has 0 amide bonds. The summed E-state index contributed by atoms with van der Waals surface area (Å²) in [6, 6.07) is 82.6. The van der Waals surface area contributed by atoms with Gasteiger partial charge >= 0.3 is 0 Å². The third kappa shape index (κ3) is 6.17. The Morgan fingerprint density at radius 3 is 1.69 bits per heavy atom. The summed E-state index contributed by atoms with van der Waals surface area (Å²) in [6.07, 6.45) is 0. The van der Waals surface area contributed by atoms with Crippen LogP contribution in [-0.4, -0.2) is 0 Å². The molecule has 0 saturated carbocycles. The number of para-hydroxylation sites is 1. The second-order valence-electron chi connectivity index (χ2n) is 19.7. The Morgan fingerprint density at radius 1 is 0.309 bits per heavy atom. The Bertz CT molecular complexity index is 3780. The van der Waals surface area contributed by atoms with E-state index in [4.69, 9.17) is 4.42 Å². The molecule has 0 fully saturated rings. The maximum absolute atomic E-state index is 6.31. The van der Waals surface area contributed by atoms with Gasteiger partial charge in [0.05, 0.1) is 0 Å². The van der Waals surface area contributed by atoms with E-state index in [9.17, 15) is 0 Å². The highest BCUT2D eigenvalue weighted by molar-refractivity contribution is 6.12. The molecule has 13 rings (SSSR count). The van der Waals surface area contributed by atoms with Gasteiger partial charge in [-0.05, 0) is 156 Å². The Labute approximate surface area is 398 Å². The summed E-state index contributed by atoms with van der Waals surface area (Å²) in [4.78, 5) is 2.44. The molecule has 68 heavy (non-hydrogen) atoms. The molecule has 0 unspecified atom stereocenters.